The molecule has 2 rings (SSSR count). The molecule has 0 fully saturated rings. The quantitative estimate of drug-likeness (QED) is 0.843. The highest BCUT2D eigenvalue weighted by molar-refractivity contribution is 5.75. The number of nitrogens with zero attached hydrogens (tertiary/aromatic N) is 5. The van der Waals surface area contributed by atoms with Crippen molar-refractivity contribution in [3.63, 3.8) is 0 Å². The topological polar surface area (TPSA) is 63.9 Å². The molecule has 1 aromatic heterocycles. The summed E-state index contributed by atoms with van der Waals surface area (Å²) >= 11 is 0. The van der Waals surface area contributed by atoms with Crippen LogP contribution >= 0.6 is 0 Å². The third-order valence-electron chi connectivity index (χ3n) is 3.10. The number of tetrazole rings is 1. The first-order chi connectivity index (χ1) is 10.4. The summed E-state index contributed by atoms with van der Waals surface area (Å²) in [5, 5.41) is 10.5. The standard InChI is InChI=1S/C13H14F3N5O/c1-20(12(22)6-7-21-9-17-18-19-21)8-10-4-2-3-5-11(10)13(14,15)16/h2-5,9H,6-8H2,1H3. The van der Waals surface area contributed by atoms with Gasteiger partial charge in [0.15, 0.2) is 0 Å². The van der Waals surface area contributed by atoms with E-state index in [0.29, 0.717) is 0 Å². The smallest absolute Gasteiger partial charge is 0.341 e. The first-order valence-corrected chi connectivity index (χ1v) is 6.48. The van der Waals surface area contributed by atoms with E-state index < -0.39 is 11.7 Å². The maximum absolute atomic E-state index is 12.9. The first kappa shape index (κ1) is 15.9. The van der Waals surface area contributed by atoms with Crippen LogP contribution in [0.4, 0.5) is 13.2 Å². The maximum atomic E-state index is 12.9. The van der Waals surface area contributed by atoms with Crippen LogP contribution in [0.2, 0.25) is 0 Å². The van der Waals surface area contributed by atoms with E-state index in [0.717, 1.165) is 6.07 Å². The zero-order valence-corrected chi connectivity index (χ0v) is 11.8. The average molecular weight is 313 g/mol. The number of rotatable bonds is 5. The van der Waals surface area contributed by atoms with Crippen molar-refractivity contribution in [2.75, 3.05) is 7.05 Å². The fourth-order valence-electron chi connectivity index (χ4n) is 1.96. The van der Waals surface area contributed by atoms with Crippen molar-refractivity contribution in [1.82, 2.24) is 25.1 Å². The number of aryl methyl sites for hydroxylation is 1. The molecule has 0 saturated heterocycles. The fourth-order valence-corrected chi connectivity index (χ4v) is 1.96. The Labute approximate surface area is 124 Å². The van der Waals surface area contributed by atoms with Gasteiger partial charge in [0.1, 0.15) is 6.33 Å². The van der Waals surface area contributed by atoms with Gasteiger partial charge in [0.2, 0.25) is 5.91 Å². The second kappa shape index (κ2) is 6.54. The summed E-state index contributed by atoms with van der Waals surface area (Å²) < 4.78 is 40.1. The van der Waals surface area contributed by atoms with Crippen LogP contribution in [-0.2, 0) is 24.1 Å². The zero-order chi connectivity index (χ0) is 16.2. The Morgan fingerprint density at radius 2 is 2.05 bits per heavy atom. The molecule has 0 unspecified atom stereocenters. The molecule has 22 heavy (non-hydrogen) atoms. The van der Waals surface area contributed by atoms with E-state index in [1.54, 1.807) is 0 Å². The number of hydrogen-bond donors (Lipinski definition) is 0. The van der Waals surface area contributed by atoms with Gasteiger partial charge in [-0.1, -0.05) is 18.2 Å². The molecule has 0 aliphatic carbocycles. The summed E-state index contributed by atoms with van der Waals surface area (Å²) in [6.07, 6.45) is -2.96. The highest BCUT2D eigenvalue weighted by Crippen LogP contribution is 2.32. The maximum Gasteiger partial charge on any atom is 0.416 e. The number of aromatic nitrogens is 4. The third kappa shape index (κ3) is 4.03. The van der Waals surface area contributed by atoms with Gasteiger partial charge in [0.25, 0.3) is 0 Å². The molecule has 0 bridgehead atoms. The van der Waals surface area contributed by atoms with Crippen LogP contribution in [0.15, 0.2) is 30.6 Å². The van der Waals surface area contributed by atoms with Crippen LogP contribution in [0.25, 0.3) is 0 Å². The molecule has 6 nitrogen and oxygen atoms in total. The minimum Gasteiger partial charge on any atom is -0.341 e. The van der Waals surface area contributed by atoms with Crippen molar-refractivity contribution >= 4 is 5.91 Å². The molecule has 0 spiro atoms. The number of amides is 1. The van der Waals surface area contributed by atoms with E-state index in [-0.39, 0.29) is 31.0 Å². The molecule has 0 N–H and O–H groups in total. The van der Waals surface area contributed by atoms with Gasteiger partial charge in [-0.15, -0.1) is 5.10 Å². The molecule has 0 radical (unpaired) electrons. The molecule has 0 atom stereocenters. The summed E-state index contributed by atoms with van der Waals surface area (Å²) in [5.41, 5.74) is -0.664. The predicted molar refractivity (Wildman–Crippen MR) is 70.4 cm³/mol. The van der Waals surface area contributed by atoms with Crippen molar-refractivity contribution in [3.8, 4) is 0 Å². The lowest BCUT2D eigenvalue weighted by atomic mass is 10.1. The fraction of sp³-hybridized carbons (Fsp3) is 0.385. The molecule has 0 aliphatic heterocycles. The number of halogens is 3. The lowest BCUT2D eigenvalue weighted by Crippen LogP contribution is -2.28. The van der Waals surface area contributed by atoms with Gasteiger partial charge in [-0.2, -0.15) is 13.2 Å². The van der Waals surface area contributed by atoms with Gasteiger partial charge < -0.3 is 4.90 Å². The van der Waals surface area contributed by atoms with Gasteiger partial charge in [0.05, 0.1) is 12.1 Å². The van der Waals surface area contributed by atoms with Crippen molar-refractivity contribution in [3.05, 3.63) is 41.7 Å². The third-order valence-corrected chi connectivity index (χ3v) is 3.10. The van der Waals surface area contributed by atoms with Crippen molar-refractivity contribution < 1.29 is 18.0 Å². The molecule has 0 aliphatic rings. The Balaban J connectivity index is 1.99. The Hall–Kier alpha value is -2.45. The van der Waals surface area contributed by atoms with E-state index >= 15 is 0 Å². The second-order valence-electron chi connectivity index (χ2n) is 4.73. The molecule has 9 heteroatoms. The monoisotopic (exact) mass is 313 g/mol. The molecule has 118 valence electrons. The number of alkyl halides is 3. The Bertz CT molecular complexity index is 627. The number of carbonyl (C=O) groups excluding carboxylic acids is 1. The molecular weight excluding hydrogens is 299 g/mol. The molecule has 1 aromatic carbocycles. The minimum absolute atomic E-state index is 0.0632. The van der Waals surface area contributed by atoms with E-state index in [4.69, 9.17) is 0 Å². The summed E-state index contributed by atoms with van der Waals surface area (Å²) in [6, 6.07) is 5.22. The van der Waals surface area contributed by atoms with Crippen LogP contribution in [-0.4, -0.2) is 38.1 Å². The lowest BCUT2D eigenvalue weighted by Gasteiger charge is -2.20. The van der Waals surface area contributed by atoms with Crippen LogP contribution in [0.3, 0.4) is 0 Å². The second-order valence-corrected chi connectivity index (χ2v) is 4.73. The molecule has 0 saturated carbocycles. The Kier molecular flexibility index (Phi) is 4.74. The largest absolute Gasteiger partial charge is 0.416 e. The van der Waals surface area contributed by atoms with Crippen LogP contribution in [0.5, 0.6) is 0 Å². The predicted octanol–water partition coefficient (Wildman–Crippen LogP) is 1.74. The van der Waals surface area contributed by atoms with Crippen LogP contribution in [0.1, 0.15) is 17.5 Å². The number of benzene rings is 1. The van der Waals surface area contributed by atoms with Gasteiger partial charge in [-0.25, -0.2) is 4.68 Å². The highest BCUT2D eigenvalue weighted by Gasteiger charge is 2.33. The summed E-state index contributed by atoms with van der Waals surface area (Å²) in [6.45, 7) is 0.168. The highest BCUT2D eigenvalue weighted by atomic mass is 19.4. The van der Waals surface area contributed by atoms with E-state index in [1.807, 2.05) is 0 Å². The number of hydrogen-bond acceptors (Lipinski definition) is 4. The Morgan fingerprint density at radius 1 is 1.32 bits per heavy atom. The SMILES string of the molecule is CN(Cc1ccccc1C(F)(F)F)C(=O)CCn1cnnn1. The summed E-state index contributed by atoms with van der Waals surface area (Å²) in [7, 11) is 1.47. The zero-order valence-electron chi connectivity index (χ0n) is 11.8. The number of carbonyl (C=O) groups is 1. The van der Waals surface area contributed by atoms with Gasteiger partial charge in [0, 0.05) is 20.0 Å². The lowest BCUT2D eigenvalue weighted by molar-refractivity contribution is -0.139. The normalized spacial score (nSPS) is 11.5. The van der Waals surface area contributed by atoms with E-state index in [9.17, 15) is 18.0 Å². The van der Waals surface area contributed by atoms with Crippen LogP contribution in [0, 0.1) is 0 Å². The summed E-state index contributed by atoms with van der Waals surface area (Å²) in [4.78, 5) is 13.2. The van der Waals surface area contributed by atoms with Gasteiger partial charge >= 0.3 is 6.18 Å². The van der Waals surface area contributed by atoms with Crippen molar-refractivity contribution in [1.29, 1.82) is 0 Å². The van der Waals surface area contributed by atoms with Crippen LogP contribution < -0.4 is 0 Å². The van der Waals surface area contributed by atoms with Gasteiger partial charge in [-0.05, 0) is 22.1 Å². The average Bonchev–Trinajstić information content (AvgIpc) is 2.97. The van der Waals surface area contributed by atoms with Crippen molar-refractivity contribution in [2.45, 2.75) is 25.7 Å². The molecule has 2 aromatic rings. The summed E-state index contributed by atoms with van der Waals surface area (Å²) in [5.74, 6) is -0.285. The Morgan fingerprint density at radius 3 is 2.68 bits per heavy atom. The molecule has 1 heterocycles. The minimum atomic E-state index is -4.44. The molecule has 1 amide bonds. The molecular formula is C13H14F3N5O. The van der Waals surface area contributed by atoms with E-state index in [1.165, 1.54) is 41.2 Å². The van der Waals surface area contributed by atoms with Crippen molar-refractivity contribution in [2.24, 2.45) is 0 Å². The van der Waals surface area contributed by atoms with E-state index in [2.05, 4.69) is 15.5 Å². The van der Waals surface area contributed by atoms with Gasteiger partial charge in [-0.3, -0.25) is 4.79 Å². The first-order valence-electron chi connectivity index (χ1n) is 6.48.